The van der Waals surface area contributed by atoms with Crippen LogP contribution in [0.2, 0.25) is 0 Å². The number of hydrogen-bond donors (Lipinski definition) is 2. The minimum absolute atomic E-state index is 0.197. The van der Waals surface area contributed by atoms with Crippen molar-refractivity contribution in [2.75, 3.05) is 0 Å². The van der Waals surface area contributed by atoms with Crippen LogP contribution in [0.15, 0.2) is 24.4 Å². The lowest BCUT2D eigenvalue weighted by molar-refractivity contribution is 0.0702. The number of aromatic nitrogens is 1. The van der Waals surface area contributed by atoms with Gasteiger partial charge in [0.15, 0.2) is 0 Å². The fourth-order valence-electron chi connectivity index (χ4n) is 3.03. The van der Waals surface area contributed by atoms with Gasteiger partial charge in [0.05, 0.1) is 6.10 Å². The number of aliphatic hydroxyl groups excluding tert-OH is 1. The number of aliphatic hydroxyl groups is 1. The highest BCUT2D eigenvalue weighted by atomic mass is 19.1. The molecule has 2 aromatic rings. The summed E-state index contributed by atoms with van der Waals surface area (Å²) >= 11 is 0. The molecule has 1 fully saturated rings. The largest absolute Gasteiger partial charge is 0.393 e. The average molecular weight is 247 g/mol. The molecule has 1 aliphatic carbocycles. The number of rotatable bonds is 2. The van der Waals surface area contributed by atoms with Crippen molar-refractivity contribution in [2.24, 2.45) is 5.92 Å². The first-order valence-electron chi connectivity index (χ1n) is 6.67. The third-order valence-corrected chi connectivity index (χ3v) is 4.08. The van der Waals surface area contributed by atoms with E-state index < -0.39 is 0 Å². The Hall–Kier alpha value is -1.35. The van der Waals surface area contributed by atoms with Crippen LogP contribution in [-0.2, 0) is 6.42 Å². The fourth-order valence-corrected chi connectivity index (χ4v) is 3.03. The highest BCUT2D eigenvalue weighted by Crippen LogP contribution is 2.30. The molecule has 0 bridgehead atoms. The number of aromatic amines is 1. The monoisotopic (exact) mass is 247 g/mol. The molecule has 18 heavy (non-hydrogen) atoms. The van der Waals surface area contributed by atoms with Gasteiger partial charge in [0.1, 0.15) is 5.82 Å². The molecule has 2 unspecified atom stereocenters. The van der Waals surface area contributed by atoms with E-state index in [2.05, 4.69) is 4.98 Å². The predicted molar refractivity (Wildman–Crippen MR) is 69.9 cm³/mol. The smallest absolute Gasteiger partial charge is 0.123 e. The Morgan fingerprint density at radius 3 is 2.94 bits per heavy atom. The average Bonchev–Trinajstić information content (AvgIpc) is 2.75. The van der Waals surface area contributed by atoms with Crippen molar-refractivity contribution in [2.45, 2.75) is 38.2 Å². The Bertz CT molecular complexity index is 548. The highest BCUT2D eigenvalue weighted by molar-refractivity contribution is 5.83. The number of H-pyrrole nitrogens is 1. The minimum Gasteiger partial charge on any atom is -0.393 e. The van der Waals surface area contributed by atoms with Crippen LogP contribution in [0.25, 0.3) is 10.9 Å². The standard InChI is InChI=1S/C15H18FNO/c16-12-5-6-14-13(8-12)11(9-17-14)7-10-3-1-2-4-15(10)18/h5-6,8-10,15,17-18H,1-4,7H2. The summed E-state index contributed by atoms with van der Waals surface area (Å²) < 4.78 is 13.3. The summed E-state index contributed by atoms with van der Waals surface area (Å²) in [6.45, 7) is 0. The van der Waals surface area contributed by atoms with Crippen LogP contribution in [0, 0.1) is 11.7 Å². The molecular weight excluding hydrogens is 229 g/mol. The summed E-state index contributed by atoms with van der Waals surface area (Å²) in [5.41, 5.74) is 2.09. The normalized spacial score (nSPS) is 24.6. The molecular formula is C15H18FNO. The van der Waals surface area contributed by atoms with Crippen LogP contribution in [0.5, 0.6) is 0 Å². The first kappa shape index (κ1) is 11.7. The number of hydrogen-bond acceptors (Lipinski definition) is 1. The first-order valence-corrected chi connectivity index (χ1v) is 6.67. The van der Waals surface area contributed by atoms with E-state index in [-0.39, 0.29) is 11.9 Å². The van der Waals surface area contributed by atoms with Crippen LogP contribution < -0.4 is 0 Å². The van der Waals surface area contributed by atoms with E-state index in [9.17, 15) is 9.50 Å². The molecule has 2 N–H and O–H groups in total. The molecule has 2 atom stereocenters. The molecule has 0 saturated heterocycles. The van der Waals surface area contributed by atoms with E-state index >= 15 is 0 Å². The molecule has 0 radical (unpaired) electrons. The van der Waals surface area contributed by atoms with Crippen molar-refractivity contribution < 1.29 is 9.50 Å². The van der Waals surface area contributed by atoms with Gasteiger partial charge in [0.2, 0.25) is 0 Å². The molecule has 1 saturated carbocycles. The van der Waals surface area contributed by atoms with Gasteiger partial charge in [-0.1, -0.05) is 12.8 Å². The fraction of sp³-hybridized carbons (Fsp3) is 0.467. The first-order chi connectivity index (χ1) is 8.74. The van der Waals surface area contributed by atoms with Gasteiger partial charge >= 0.3 is 0 Å². The van der Waals surface area contributed by atoms with Gasteiger partial charge in [-0.15, -0.1) is 0 Å². The van der Waals surface area contributed by atoms with Gasteiger partial charge < -0.3 is 10.1 Å². The molecule has 3 heteroatoms. The molecule has 1 aromatic carbocycles. The third kappa shape index (κ3) is 2.15. The highest BCUT2D eigenvalue weighted by Gasteiger charge is 2.24. The Morgan fingerprint density at radius 1 is 1.28 bits per heavy atom. The SMILES string of the molecule is OC1CCCCC1Cc1c[nH]c2ccc(F)cc12. The van der Waals surface area contributed by atoms with E-state index in [0.717, 1.165) is 42.1 Å². The zero-order valence-electron chi connectivity index (χ0n) is 10.3. The zero-order valence-corrected chi connectivity index (χ0v) is 10.3. The molecule has 1 heterocycles. The van der Waals surface area contributed by atoms with E-state index in [1.807, 2.05) is 6.20 Å². The lowest BCUT2D eigenvalue weighted by atomic mass is 9.82. The predicted octanol–water partition coefficient (Wildman–Crippen LogP) is 3.40. The molecule has 3 rings (SSSR count). The summed E-state index contributed by atoms with van der Waals surface area (Å²) in [4.78, 5) is 3.17. The maximum absolute atomic E-state index is 13.3. The second-order valence-corrected chi connectivity index (χ2v) is 5.32. The molecule has 2 nitrogen and oxygen atoms in total. The lowest BCUT2D eigenvalue weighted by Crippen LogP contribution is -2.26. The van der Waals surface area contributed by atoms with Gasteiger partial charge in [0, 0.05) is 17.1 Å². The minimum atomic E-state index is -0.201. The second-order valence-electron chi connectivity index (χ2n) is 5.32. The number of nitrogens with one attached hydrogen (secondary N) is 1. The van der Waals surface area contributed by atoms with Gasteiger partial charge in [-0.2, -0.15) is 0 Å². The zero-order chi connectivity index (χ0) is 12.5. The molecule has 1 aromatic heterocycles. The van der Waals surface area contributed by atoms with Gasteiger partial charge in [-0.05, 0) is 48.9 Å². The molecule has 0 aliphatic heterocycles. The summed E-state index contributed by atoms with van der Waals surface area (Å²) in [7, 11) is 0. The third-order valence-electron chi connectivity index (χ3n) is 4.08. The number of halogens is 1. The van der Waals surface area contributed by atoms with Gasteiger partial charge in [0.25, 0.3) is 0 Å². The maximum atomic E-state index is 13.3. The van der Waals surface area contributed by atoms with Crippen LogP contribution >= 0.6 is 0 Å². The number of benzene rings is 1. The van der Waals surface area contributed by atoms with E-state index in [1.165, 1.54) is 12.5 Å². The van der Waals surface area contributed by atoms with Crippen molar-refractivity contribution >= 4 is 10.9 Å². The Morgan fingerprint density at radius 2 is 2.11 bits per heavy atom. The van der Waals surface area contributed by atoms with Crippen LogP contribution in [0.3, 0.4) is 0 Å². The summed E-state index contributed by atoms with van der Waals surface area (Å²) in [5.74, 6) is 0.119. The van der Waals surface area contributed by atoms with E-state index in [1.54, 1.807) is 12.1 Å². The lowest BCUT2D eigenvalue weighted by Gasteiger charge is -2.27. The summed E-state index contributed by atoms with van der Waals surface area (Å²) in [6.07, 6.45) is 6.89. The van der Waals surface area contributed by atoms with Crippen molar-refractivity contribution in [3.63, 3.8) is 0 Å². The summed E-state index contributed by atoms with van der Waals surface area (Å²) in [5, 5.41) is 11.0. The summed E-state index contributed by atoms with van der Waals surface area (Å²) in [6, 6.07) is 4.82. The van der Waals surface area contributed by atoms with E-state index in [0.29, 0.717) is 5.92 Å². The molecule has 0 amide bonds. The molecule has 1 aliphatic rings. The Labute approximate surface area is 106 Å². The van der Waals surface area contributed by atoms with Crippen molar-refractivity contribution in [1.29, 1.82) is 0 Å². The maximum Gasteiger partial charge on any atom is 0.123 e. The van der Waals surface area contributed by atoms with Crippen LogP contribution in [0.1, 0.15) is 31.2 Å². The van der Waals surface area contributed by atoms with Crippen molar-refractivity contribution in [1.82, 2.24) is 4.98 Å². The van der Waals surface area contributed by atoms with Crippen LogP contribution in [-0.4, -0.2) is 16.2 Å². The van der Waals surface area contributed by atoms with Gasteiger partial charge in [-0.25, -0.2) is 4.39 Å². The van der Waals surface area contributed by atoms with E-state index in [4.69, 9.17) is 0 Å². The van der Waals surface area contributed by atoms with Crippen molar-refractivity contribution in [3.05, 3.63) is 35.8 Å². The van der Waals surface area contributed by atoms with Gasteiger partial charge in [-0.3, -0.25) is 0 Å². The molecule has 96 valence electrons. The second kappa shape index (κ2) is 4.73. The van der Waals surface area contributed by atoms with Crippen molar-refractivity contribution in [3.8, 4) is 0 Å². The topological polar surface area (TPSA) is 36.0 Å². The quantitative estimate of drug-likeness (QED) is 0.838. The number of fused-ring (bicyclic) bond motifs is 1. The Balaban J connectivity index is 1.87. The van der Waals surface area contributed by atoms with Crippen LogP contribution in [0.4, 0.5) is 4.39 Å². The Kier molecular flexibility index (Phi) is 3.08. The molecule has 0 spiro atoms.